The zero-order valence-corrected chi connectivity index (χ0v) is 14.5. The molecule has 0 atom stereocenters. The van der Waals surface area contributed by atoms with Gasteiger partial charge in [0, 0.05) is 12.6 Å². The second-order valence-corrected chi connectivity index (χ2v) is 5.74. The van der Waals surface area contributed by atoms with Crippen LogP contribution in [0.25, 0.3) is 11.1 Å². The van der Waals surface area contributed by atoms with E-state index in [0.29, 0.717) is 11.3 Å². The maximum atomic E-state index is 13.5. The van der Waals surface area contributed by atoms with Crippen molar-refractivity contribution in [2.24, 2.45) is 7.05 Å². The number of methoxy groups -OCH3 is 1. The molecule has 1 amide bonds. The molecule has 3 aromatic rings. The van der Waals surface area contributed by atoms with Crippen LogP contribution in [0.2, 0.25) is 0 Å². The number of ether oxygens (including phenoxy) is 1. The number of hydrogen-bond donors (Lipinski definition) is 1. The summed E-state index contributed by atoms with van der Waals surface area (Å²) in [6.07, 6.45) is -4.68. The van der Waals surface area contributed by atoms with E-state index in [2.05, 4.69) is 10.4 Å². The first-order chi connectivity index (χ1) is 12.8. The highest BCUT2D eigenvalue weighted by atomic mass is 19.4. The number of carbonyl (C=O) groups excluding carboxylic acids is 1. The van der Waals surface area contributed by atoms with Gasteiger partial charge in [-0.05, 0) is 29.8 Å². The van der Waals surface area contributed by atoms with E-state index in [-0.39, 0.29) is 16.9 Å². The van der Waals surface area contributed by atoms with Crippen molar-refractivity contribution in [3.05, 3.63) is 65.9 Å². The standard InChI is InChI=1S/C19H16F3N3O2/c1-25-17(23-18(26)13-6-4-3-5-7-13)15(16(24-25)19(20,21)22)12-8-10-14(27-2)11-9-12/h3-11H,1-2H3,(H,23,26). The number of benzene rings is 2. The molecule has 0 spiro atoms. The molecule has 0 saturated heterocycles. The molecule has 2 aromatic carbocycles. The Balaban J connectivity index is 2.10. The third-order valence-electron chi connectivity index (χ3n) is 3.96. The Morgan fingerprint density at radius 2 is 1.70 bits per heavy atom. The van der Waals surface area contributed by atoms with Crippen molar-refractivity contribution in [1.29, 1.82) is 0 Å². The van der Waals surface area contributed by atoms with Gasteiger partial charge in [-0.2, -0.15) is 18.3 Å². The lowest BCUT2D eigenvalue weighted by Crippen LogP contribution is -2.15. The highest BCUT2D eigenvalue weighted by Gasteiger charge is 2.39. The summed E-state index contributed by atoms with van der Waals surface area (Å²) in [6, 6.07) is 14.3. The summed E-state index contributed by atoms with van der Waals surface area (Å²) in [7, 11) is 2.81. The number of hydrogen-bond acceptors (Lipinski definition) is 3. The summed E-state index contributed by atoms with van der Waals surface area (Å²) < 4.78 is 46.6. The van der Waals surface area contributed by atoms with E-state index >= 15 is 0 Å². The summed E-state index contributed by atoms with van der Waals surface area (Å²) in [5.41, 5.74) is -0.678. The molecular weight excluding hydrogens is 359 g/mol. The molecule has 5 nitrogen and oxygen atoms in total. The van der Waals surface area contributed by atoms with Crippen LogP contribution in [-0.4, -0.2) is 22.8 Å². The van der Waals surface area contributed by atoms with Crippen molar-refractivity contribution in [3.8, 4) is 16.9 Å². The quantitative estimate of drug-likeness (QED) is 0.737. The summed E-state index contributed by atoms with van der Waals surface area (Å²) in [4.78, 5) is 12.5. The fraction of sp³-hybridized carbons (Fsp3) is 0.158. The second-order valence-electron chi connectivity index (χ2n) is 5.74. The highest BCUT2D eigenvalue weighted by Crippen LogP contribution is 2.41. The van der Waals surface area contributed by atoms with E-state index in [4.69, 9.17) is 4.74 Å². The van der Waals surface area contributed by atoms with Crippen LogP contribution in [0.3, 0.4) is 0 Å². The van der Waals surface area contributed by atoms with Crippen LogP contribution >= 0.6 is 0 Å². The molecule has 1 aromatic heterocycles. The van der Waals surface area contributed by atoms with E-state index in [0.717, 1.165) is 4.68 Å². The Kier molecular flexibility index (Phi) is 4.89. The van der Waals surface area contributed by atoms with Crippen LogP contribution in [0.4, 0.5) is 19.0 Å². The van der Waals surface area contributed by atoms with Gasteiger partial charge in [-0.15, -0.1) is 0 Å². The van der Waals surface area contributed by atoms with E-state index in [1.165, 1.54) is 26.3 Å². The molecule has 0 aliphatic heterocycles. The first kappa shape index (κ1) is 18.5. The van der Waals surface area contributed by atoms with Gasteiger partial charge < -0.3 is 10.1 Å². The number of carbonyl (C=O) groups is 1. The summed E-state index contributed by atoms with van der Waals surface area (Å²) in [5.74, 6) is -0.0606. The topological polar surface area (TPSA) is 56.1 Å². The van der Waals surface area contributed by atoms with Gasteiger partial charge >= 0.3 is 6.18 Å². The third-order valence-corrected chi connectivity index (χ3v) is 3.96. The van der Waals surface area contributed by atoms with Gasteiger partial charge in [-0.1, -0.05) is 30.3 Å². The zero-order valence-electron chi connectivity index (χ0n) is 14.5. The Hall–Kier alpha value is -3.29. The maximum absolute atomic E-state index is 13.5. The molecule has 0 radical (unpaired) electrons. The van der Waals surface area contributed by atoms with Gasteiger partial charge in [0.2, 0.25) is 0 Å². The van der Waals surface area contributed by atoms with Crippen LogP contribution in [0.15, 0.2) is 54.6 Å². The van der Waals surface area contributed by atoms with E-state index in [1.807, 2.05) is 0 Å². The van der Waals surface area contributed by atoms with Gasteiger partial charge in [-0.3, -0.25) is 9.48 Å². The number of anilines is 1. The number of nitrogens with one attached hydrogen (secondary N) is 1. The van der Waals surface area contributed by atoms with Gasteiger partial charge in [0.25, 0.3) is 5.91 Å². The predicted octanol–water partition coefficient (Wildman–Crippen LogP) is 4.37. The van der Waals surface area contributed by atoms with Gasteiger partial charge in [0.1, 0.15) is 11.6 Å². The van der Waals surface area contributed by atoms with Crippen molar-refractivity contribution < 1.29 is 22.7 Å². The van der Waals surface area contributed by atoms with Crippen molar-refractivity contribution in [1.82, 2.24) is 9.78 Å². The smallest absolute Gasteiger partial charge is 0.435 e. The number of aryl methyl sites for hydroxylation is 1. The predicted molar refractivity (Wildman–Crippen MR) is 94.6 cm³/mol. The van der Waals surface area contributed by atoms with Gasteiger partial charge in [0.05, 0.1) is 12.7 Å². The molecule has 0 bridgehead atoms. The highest BCUT2D eigenvalue weighted by molar-refractivity contribution is 6.05. The Labute approximate surface area is 153 Å². The van der Waals surface area contributed by atoms with Crippen LogP contribution in [0, 0.1) is 0 Å². The zero-order chi connectivity index (χ0) is 19.6. The van der Waals surface area contributed by atoms with Crippen LogP contribution in [0.5, 0.6) is 5.75 Å². The molecule has 0 saturated carbocycles. The number of amides is 1. The maximum Gasteiger partial charge on any atom is 0.435 e. The average Bonchev–Trinajstić information content (AvgIpc) is 2.99. The lowest BCUT2D eigenvalue weighted by Gasteiger charge is -2.11. The normalized spacial score (nSPS) is 11.3. The minimum Gasteiger partial charge on any atom is -0.497 e. The Morgan fingerprint density at radius 3 is 2.26 bits per heavy atom. The van der Waals surface area contributed by atoms with Crippen molar-refractivity contribution in [2.45, 2.75) is 6.18 Å². The molecule has 0 fully saturated rings. The molecule has 140 valence electrons. The van der Waals surface area contributed by atoms with Crippen LogP contribution < -0.4 is 10.1 Å². The SMILES string of the molecule is COc1ccc(-c2c(C(F)(F)F)nn(C)c2NC(=O)c2ccccc2)cc1. The lowest BCUT2D eigenvalue weighted by atomic mass is 10.0. The summed E-state index contributed by atoms with van der Waals surface area (Å²) in [5, 5.41) is 6.14. The van der Waals surface area contributed by atoms with Crippen LogP contribution in [-0.2, 0) is 13.2 Å². The number of nitrogens with zero attached hydrogens (tertiary/aromatic N) is 2. The minimum atomic E-state index is -4.68. The average molecular weight is 375 g/mol. The van der Waals surface area contributed by atoms with E-state index < -0.39 is 17.8 Å². The van der Waals surface area contributed by atoms with Crippen LogP contribution in [0.1, 0.15) is 16.1 Å². The largest absolute Gasteiger partial charge is 0.497 e. The molecule has 8 heteroatoms. The minimum absolute atomic E-state index is 0.0404. The monoisotopic (exact) mass is 375 g/mol. The van der Waals surface area contributed by atoms with Crippen molar-refractivity contribution in [2.75, 3.05) is 12.4 Å². The molecule has 3 rings (SSSR count). The van der Waals surface area contributed by atoms with Crippen molar-refractivity contribution >= 4 is 11.7 Å². The van der Waals surface area contributed by atoms with E-state index in [9.17, 15) is 18.0 Å². The van der Waals surface area contributed by atoms with Gasteiger partial charge in [-0.25, -0.2) is 0 Å². The molecule has 1 heterocycles. The molecule has 27 heavy (non-hydrogen) atoms. The Bertz CT molecular complexity index is 949. The molecule has 0 unspecified atom stereocenters. The molecule has 1 N–H and O–H groups in total. The number of halogens is 3. The number of alkyl halides is 3. The van der Waals surface area contributed by atoms with Gasteiger partial charge in [0.15, 0.2) is 5.69 Å². The molecule has 0 aliphatic carbocycles. The lowest BCUT2D eigenvalue weighted by molar-refractivity contribution is -0.140. The van der Waals surface area contributed by atoms with E-state index in [1.54, 1.807) is 42.5 Å². The first-order valence-corrected chi connectivity index (χ1v) is 7.96. The number of rotatable bonds is 4. The van der Waals surface area contributed by atoms with Crippen molar-refractivity contribution in [3.63, 3.8) is 0 Å². The summed E-state index contributed by atoms with van der Waals surface area (Å²) >= 11 is 0. The fourth-order valence-corrected chi connectivity index (χ4v) is 2.67. The first-order valence-electron chi connectivity index (χ1n) is 7.96. The Morgan fingerprint density at radius 1 is 1.07 bits per heavy atom. The second kappa shape index (κ2) is 7.14. The third kappa shape index (κ3) is 3.79. The number of aromatic nitrogens is 2. The summed E-state index contributed by atoms with van der Waals surface area (Å²) in [6.45, 7) is 0. The fourth-order valence-electron chi connectivity index (χ4n) is 2.67. The molecule has 0 aliphatic rings. The molecular formula is C19H16F3N3O2.